The fourth-order valence-corrected chi connectivity index (χ4v) is 2.39. The predicted octanol–water partition coefficient (Wildman–Crippen LogP) is 2.37. The fourth-order valence-electron chi connectivity index (χ4n) is 2.39. The molecule has 2 N–H and O–H groups in total. The lowest BCUT2D eigenvalue weighted by Crippen LogP contribution is -2.33. The van der Waals surface area contributed by atoms with E-state index in [0.29, 0.717) is 11.4 Å². The van der Waals surface area contributed by atoms with Gasteiger partial charge in [0.25, 0.3) is 0 Å². The van der Waals surface area contributed by atoms with Crippen molar-refractivity contribution >= 4 is 5.82 Å². The molecule has 4 heteroatoms. The van der Waals surface area contributed by atoms with Crippen LogP contribution in [-0.4, -0.2) is 22.2 Å². The summed E-state index contributed by atoms with van der Waals surface area (Å²) in [6.45, 7) is 1.90. The standard InChI is InChI=1S/C14H19N3O/c1-10-7-8-11(9-15)14(16-10)17-12-5-3-2-4-6-13(12)18/h7-8,12-13,18H,2-6H2,1H3,(H,16,17). The van der Waals surface area contributed by atoms with Gasteiger partial charge >= 0.3 is 0 Å². The molecule has 1 heterocycles. The summed E-state index contributed by atoms with van der Waals surface area (Å²) in [6.07, 6.45) is 4.77. The summed E-state index contributed by atoms with van der Waals surface area (Å²) in [6, 6.07) is 5.74. The SMILES string of the molecule is Cc1ccc(C#N)c(NC2CCCCCC2O)n1. The average molecular weight is 245 g/mol. The van der Waals surface area contributed by atoms with E-state index in [1.165, 1.54) is 6.42 Å². The minimum Gasteiger partial charge on any atom is -0.391 e. The van der Waals surface area contributed by atoms with Crippen molar-refractivity contribution in [2.24, 2.45) is 0 Å². The normalized spacial score (nSPS) is 24.1. The fraction of sp³-hybridized carbons (Fsp3) is 0.571. The third-order valence-corrected chi connectivity index (χ3v) is 3.46. The van der Waals surface area contributed by atoms with Gasteiger partial charge in [0.2, 0.25) is 0 Å². The highest BCUT2D eigenvalue weighted by Crippen LogP contribution is 2.22. The molecule has 1 fully saturated rings. The number of aromatic nitrogens is 1. The minimum absolute atomic E-state index is 0.00824. The van der Waals surface area contributed by atoms with Crippen LogP contribution in [0, 0.1) is 18.3 Å². The molecule has 1 aliphatic rings. The van der Waals surface area contributed by atoms with Crippen LogP contribution in [0.1, 0.15) is 43.4 Å². The highest BCUT2D eigenvalue weighted by atomic mass is 16.3. The zero-order chi connectivity index (χ0) is 13.0. The van der Waals surface area contributed by atoms with E-state index in [2.05, 4.69) is 16.4 Å². The van der Waals surface area contributed by atoms with Crippen LogP contribution >= 0.6 is 0 Å². The van der Waals surface area contributed by atoms with E-state index in [0.717, 1.165) is 31.4 Å². The van der Waals surface area contributed by atoms with Crippen LogP contribution in [0.15, 0.2) is 12.1 Å². The molecule has 0 saturated heterocycles. The second kappa shape index (κ2) is 5.83. The first kappa shape index (κ1) is 12.8. The van der Waals surface area contributed by atoms with E-state index in [9.17, 15) is 5.11 Å². The number of hydrogen-bond donors (Lipinski definition) is 2. The first-order chi connectivity index (χ1) is 8.70. The second-order valence-corrected chi connectivity index (χ2v) is 4.92. The van der Waals surface area contributed by atoms with Crippen molar-refractivity contribution in [1.82, 2.24) is 4.98 Å². The number of nitrogens with zero attached hydrogens (tertiary/aromatic N) is 2. The van der Waals surface area contributed by atoms with Gasteiger partial charge < -0.3 is 10.4 Å². The number of aliphatic hydroxyl groups is 1. The van der Waals surface area contributed by atoms with Gasteiger partial charge in [-0.1, -0.05) is 19.3 Å². The van der Waals surface area contributed by atoms with Crippen LogP contribution < -0.4 is 5.32 Å². The number of anilines is 1. The van der Waals surface area contributed by atoms with E-state index < -0.39 is 0 Å². The van der Waals surface area contributed by atoms with Crippen molar-refractivity contribution in [3.05, 3.63) is 23.4 Å². The van der Waals surface area contributed by atoms with Crippen LogP contribution in [0.25, 0.3) is 0 Å². The molecule has 0 aliphatic heterocycles. The van der Waals surface area contributed by atoms with E-state index in [-0.39, 0.29) is 12.1 Å². The Hall–Kier alpha value is -1.60. The Bertz CT molecular complexity index is 453. The monoisotopic (exact) mass is 245 g/mol. The zero-order valence-electron chi connectivity index (χ0n) is 10.7. The molecule has 1 aromatic rings. The molecule has 1 aliphatic carbocycles. The van der Waals surface area contributed by atoms with Gasteiger partial charge in [-0.15, -0.1) is 0 Å². The molecule has 0 amide bonds. The molecule has 96 valence electrons. The summed E-state index contributed by atoms with van der Waals surface area (Å²) in [5.41, 5.74) is 1.41. The number of aryl methyl sites for hydroxylation is 1. The molecule has 1 saturated carbocycles. The summed E-state index contributed by atoms with van der Waals surface area (Å²) in [7, 11) is 0. The van der Waals surface area contributed by atoms with Crippen molar-refractivity contribution in [1.29, 1.82) is 5.26 Å². The van der Waals surface area contributed by atoms with Crippen LogP contribution in [0.3, 0.4) is 0 Å². The van der Waals surface area contributed by atoms with Crippen molar-refractivity contribution < 1.29 is 5.11 Å². The lowest BCUT2D eigenvalue weighted by Gasteiger charge is -2.22. The lowest BCUT2D eigenvalue weighted by molar-refractivity contribution is 0.144. The molecule has 1 aromatic heterocycles. The van der Waals surface area contributed by atoms with Gasteiger partial charge in [-0.25, -0.2) is 4.98 Å². The van der Waals surface area contributed by atoms with Gasteiger partial charge in [0.1, 0.15) is 11.9 Å². The number of pyridine rings is 1. The summed E-state index contributed by atoms with van der Waals surface area (Å²) < 4.78 is 0. The summed E-state index contributed by atoms with van der Waals surface area (Å²) in [4.78, 5) is 4.36. The molecule has 2 unspecified atom stereocenters. The third-order valence-electron chi connectivity index (χ3n) is 3.46. The lowest BCUT2D eigenvalue weighted by atomic mass is 10.1. The van der Waals surface area contributed by atoms with E-state index >= 15 is 0 Å². The molecular formula is C14H19N3O. The van der Waals surface area contributed by atoms with Gasteiger partial charge in [-0.2, -0.15) is 5.26 Å². The maximum absolute atomic E-state index is 10.1. The van der Waals surface area contributed by atoms with Crippen LogP contribution in [0.4, 0.5) is 5.82 Å². The summed E-state index contributed by atoms with van der Waals surface area (Å²) >= 11 is 0. The molecule has 0 radical (unpaired) electrons. The molecule has 2 atom stereocenters. The van der Waals surface area contributed by atoms with E-state index in [1.807, 2.05) is 13.0 Å². The Labute approximate surface area is 108 Å². The largest absolute Gasteiger partial charge is 0.391 e. The quantitative estimate of drug-likeness (QED) is 0.785. The number of nitrogens with one attached hydrogen (secondary N) is 1. The summed E-state index contributed by atoms with van der Waals surface area (Å²) in [5, 5.41) is 22.4. The first-order valence-corrected chi connectivity index (χ1v) is 6.53. The summed E-state index contributed by atoms with van der Waals surface area (Å²) in [5.74, 6) is 0.600. The Kier molecular flexibility index (Phi) is 4.16. The Morgan fingerprint density at radius 1 is 1.33 bits per heavy atom. The van der Waals surface area contributed by atoms with Crippen molar-refractivity contribution in [3.8, 4) is 6.07 Å². The molecule has 18 heavy (non-hydrogen) atoms. The maximum atomic E-state index is 10.1. The van der Waals surface area contributed by atoms with Gasteiger partial charge in [0.05, 0.1) is 17.7 Å². The first-order valence-electron chi connectivity index (χ1n) is 6.53. The minimum atomic E-state index is -0.346. The topological polar surface area (TPSA) is 68.9 Å². The number of nitriles is 1. The van der Waals surface area contributed by atoms with Crippen LogP contribution in [0.2, 0.25) is 0 Å². The van der Waals surface area contributed by atoms with Crippen LogP contribution in [0.5, 0.6) is 0 Å². The zero-order valence-corrected chi connectivity index (χ0v) is 10.7. The molecule has 0 bridgehead atoms. The molecule has 4 nitrogen and oxygen atoms in total. The Balaban J connectivity index is 2.17. The maximum Gasteiger partial charge on any atom is 0.144 e. The van der Waals surface area contributed by atoms with Crippen molar-refractivity contribution in [3.63, 3.8) is 0 Å². The van der Waals surface area contributed by atoms with Gasteiger partial charge in [0.15, 0.2) is 0 Å². The average Bonchev–Trinajstić information content (AvgIpc) is 2.55. The second-order valence-electron chi connectivity index (χ2n) is 4.92. The molecule has 2 rings (SSSR count). The van der Waals surface area contributed by atoms with E-state index in [4.69, 9.17) is 5.26 Å². The highest BCUT2D eigenvalue weighted by molar-refractivity contribution is 5.52. The number of hydrogen-bond acceptors (Lipinski definition) is 4. The highest BCUT2D eigenvalue weighted by Gasteiger charge is 2.22. The molecule has 0 spiro atoms. The molecule has 0 aromatic carbocycles. The Morgan fingerprint density at radius 2 is 2.11 bits per heavy atom. The van der Waals surface area contributed by atoms with Crippen LogP contribution in [-0.2, 0) is 0 Å². The Morgan fingerprint density at radius 3 is 2.89 bits per heavy atom. The van der Waals surface area contributed by atoms with Gasteiger partial charge in [-0.05, 0) is 31.9 Å². The third kappa shape index (κ3) is 2.99. The number of rotatable bonds is 2. The van der Waals surface area contributed by atoms with E-state index in [1.54, 1.807) is 6.07 Å². The smallest absolute Gasteiger partial charge is 0.144 e. The van der Waals surface area contributed by atoms with Crippen molar-refractivity contribution in [2.45, 2.75) is 51.2 Å². The number of aliphatic hydroxyl groups excluding tert-OH is 1. The van der Waals surface area contributed by atoms with Gasteiger partial charge in [-0.3, -0.25) is 0 Å². The van der Waals surface area contributed by atoms with Crippen molar-refractivity contribution in [2.75, 3.05) is 5.32 Å². The predicted molar refractivity (Wildman–Crippen MR) is 70.2 cm³/mol. The molecular weight excluding hydrogens is 226 g/mol. The van der Waals surface area contributed by atoms with Gasteiger partial charge in [0, 0.05) is 5.69 Å².